The van der Waals surface area contributed by atoms with E-state index >= 15 is 0 Å². The van der Waals surface area contributed by atoms with Crippen LogP contribution < -0.4 is 16.4 Å². The molecule has 0 aliphatic heterocycles. The van der Waals surface area contributed by atoms with Crippen LogP contribution in [0.15, 0.2) is 34.1 Å². The lowest BCUT2D eigenvalue weighted by molar-refractivity contribution is 0.100. The minimum atomic E-state index is -0.508. The van der Waals surface area contributed by atoms with Crippen LogP contribution in [0, 0.1) is 0 Å². The molecular formula is C13H14BrN3OS. The van der Waals surface area contributed by atoms with Gasteiger partial charge in [0.25, 0.3) is 5.91 Å². The van der Waals surface area contributed by atoms with E-state index in [0.717, 1.165) is 16.7 Å². The minimum absolute atomic E-state index is 0.358. The number of primary amides is 1. The van der Waals surface area contributed by atoms with E-state index in [9.17, 15) is 4.79 Å². The summed E-state index contributed by atoms with van der Waals surface area (Å²) in [5.74, 6) is -0.508. The van der Waals surface area contributed by atoms with Crippen molar-refractivity contribution < 1.29 is 4.79 Å². The zero-order valence-corrected chi connectivity index (χ0v) is 12.8. The van der Waals surface area contributed by atoms with Crippen molar-refractivity contribution in [2.24, 2.45) is 5.73 Å². The molecule has 0 bridgehead atoms. The summed E-state index contributed by atoms with van der Waals surface area (Å²) >= 11 is 5.11. The predicted molar refractivity (Wildman–Crippen MR) is 83.5 cm³/mol. The highest BCUT2D eigenvalue weighted by atomic mass is 79.9. The zero-order valence-electron chi connectivity index (χ0n) is 10.4. The molecule has 0 fully saturated rings. The summed E-state index contributed by atoms with van der Waals surface area (Å²) in [4.78, 5) is 14.6. The van der Waals surface area contributed by atoms with E-state index in [1.807, 2.05) is 23.4 Å². The van der Waals surface area contributed by atoms with Crippen LogP contribution in [-0.4, -0.2) is 13.0 Å². The molecule has 0 unspecified atom stereocenters. The molecule has 0 saturated carbocycles. The normalized spacial score (nSPS) is 10.4. The average molecular weight is 340 g/mol. The largest absolute Gasteiger partial charge is 0.398 e. The number of rotatable bonds is 4. The van der Waals surface area contributed by atoms with E-state index in [4.69, 9.17) is 11.5 Å². The van der Waals surface area contributed by atoms with E-state index in [2.05, 4.69) is 22.0 Å². The van der Waals surface area contributed by atoms with Crippen LogP contribution in [-0.2, 0) is 6.54 Å². The third-order valence-corrected chi connectivity index (χ3v) is 4.44. The van der Waals surface area contributed by atoms with Gasteiger partial charge < -0.3 is 16.4 Å². The first-order valence-electron chi connectivity index (χ1n) is 5.60. The fraction of sp³-hybridized carbons (Fsp3) is 0.154. The minimum Gasteiger partial charge on any atom is -0.398 e. The summed E-state index contributed by atoms with van der Waals surface area (Å²) < 4.78 is 1.08. The third kappa shape index (κ3) is 3.27. The topological polar surface area (TPSA) is 72.3 Å². The Kier molecular flexibility index (Phi) is 4.11. The molecule has 1 aromatic carbocycles. The number of hydrogen-bond acceptors (Lipinski definition) is 4. The van der Waals surface area contributed by atoms with Gasteiger partial charge in [-0.25, -0.2) is 0 Å². The van der Waals surface area contributed by atoms with Crippen molar-refractivity contribution in [1.82, 2.24) is 0 Å². The molecule has 4 N–H and O–H groups in total. The fourth-order valence-corrected chi connectivity index (χ4v) is 3.26. The molecule has 19 heavy (non-hydrogen) atoms. The number of anilines is 2. The Morgan fingerprint density at radius 3 is 2.74 bits per heavy atom. The number of nitrogen functional groups attached to an aromatic ring is 1. The molecular weight excluding hydrogens is 326 g/mol. The highest BCUT2D eigenvalue weighted by Gasteiger charge is 2.10. The summed E-state index contributed by atoms with van der Waals surface area (Å²) in [6.07, 6.45) is 0. The van der Waals surface area contributed by atoms with Crippen molar-refractivity contribution in [2.45, 2.75) is 6.54 Å². The number of amides is 1. The number of halogens is 1. The van der Waals surface area contributed by atoms with Gasteiger partial charge in [0, 0.05) is 33.2 Å². The maximum Gasteiger partial charge on any atom is 0.250 e. The molecule has 1 heterocycles. The lowest BCUT2D eigenvalue weighted by Crippen LogP contribution is -2.18. The molecule has 0 atom stereocenters. The monoisotopic (exact) mass is 339 g/mol. The zero-order chi connectivity index (χ0) is 14.0. The second kappa shape index (κ2) is 5.63. The summed E-state index contributed by atoms with van der Waals surface area (Å²) in [5, 5.41) is 2.04. The maximum absolute atomic E-state index is 11.3. The van der Waals surface area contributed by atoms with Crippen molar-refractivity contribution in [3.63, 3.8) is 0 Å². The molecule has 2 aromatic rings. The van der Waals surface area contributed by atoms with Crippen LogP contribution in [0.2, 0.25) is 0 Å². The Morgan fingerprint density at radius 1 is 1.42 bits per heavy atom. The second-order valence-corrected chi connectivity index (χ2v) is 6.13. The molecule has 0 radical (unpaired) electrons. The van der Waals surface area contributed by atoms with E-state index in [1.54, 1.807) is 23.5 Å². The molecule has 6 heteroatoms. The Morgan fingerprint density at radius 2 is 2.16 bits per heavy atom. The number of carbonyl (C=O) groups is 1. The number of thiophene rings is 1. The number of carbonyl (C=O) groups excluding carboxylic acids is 1. The number of nitrogens with two attached hydrogens (primary N) is 2. The first-order valence-corrected chi connectivity index (χ1v) is 7.28. The first-order chi connectivity index (χ1) is 8.97. The highest BCUT2D eigenvalue weighted by molar-refractivity contribution is 9.10. The lowest BCUT2D eigenvalue weighted by Gasteiger charge is -2.19. The molecule has 0 aliphatic carbocycles. The highest BCUT2D eigenvalue weighted by Crippen LogP contribution is 2.25. The van der Waals surface area contributed by atoms with Crippen molar-refractivity contribution in [3.05, 3.63) is 44.6 Å². The van der Waals surface area contributed by atoms with E-state index in [-0.39, 0.29) is 0 Å². The number of nitrogens with zero attached hydrogens (tertiary/aromatic N) is 1. The van der Waals surface area contributed by atoms with Crippen LogP contribution in [0.25, 0.3) is 0 Å². The molecule has 1 aromatic heterocycles. The van der Waals surface area contributed by atoms with Gasteiger partial charge in [0.1, 0.15) is 0 Å². The van der Waals surface area contributed by atoms with Crippen molar-refractivity contribution in [1.29, 1.82) is 0 Å². The summed E-state index contributed by atoms with van der Waals surface area (Å²) in [6, 6.07) is 7.38. The first kappa shape index (κ1) is 13.9. The van der Waals surface area contributed by atoms with Gasteiger partial charge in [-0.2, -0.15) is 0 Å². The lowest BCUT2D eigenvalue weighted by atomic mass is 10.1. The molecule has 2 rings (SSSR count). The SMILES string of the molecule is CN(Cc1cc(Br)cs1)c1ccc(N)c(C(N)=O)c1. The van der Waals surface area contributed by atoms with Crippen LogP contribution in [0.4, 0.5) is 11.4 Å². The Bertz CT molecular complexity index is 612. The predicted octanol–water partition coefficient (Wildman–Crippen LogP) is 2.83. The molecule has 0 aliphatic rings. The third-order valence-electron chi connectivity index (χ3n) is 2.76. The molecule has 1 amide bonds. The van der Waals surface area contributed by atoms with Crippen molar-refractivity contribution >= 4 is 44.5 Å². The maximum atomic E-state index is 11.3. The molecule has 0 saturated heterocycles. The van der Waals surface area contributed by atoms with Crippen LogP contribution in [0.1, 0.15) is 15.2 Å². The summed E-state index contributed by atoms with van der Waals surface area (Å²) in [7, 11) is 1.96. The van der Waals surface area contributed by atoms with Crippen LogP contribution >= 0.6 is 27.3 Å². The quantitative estimate of drug-likeness (QED) is 0.841. The van der Waals surface area contributed by atoms with Gasteiger partial charge in [0.2, 0.25) is 0 Å². The molecule has 4 nitrogen and oxygen atoms in total. The summed E-state index contributed by atoms with van der Waals surface area (Å²) in [5.41, 5.74) is 12.7. The van der Waals surface area contributed by atoms with E-state index < -0.39 is 5.91 Å². The van der Waals surface area contributed by atoms with Gasteiger partial charge in [-0.1, -0.05) is 0 Å². The number of benzene rings is 1. The Labute approximate surface area is 124 Å². The van der Waals surface area contributed by atoms with Gasteiger partial charge in [-0.15, -0.1) is 11.3 Å². The number of hydrogen-bond donors (Lipinski definition) is 2. The van der Waals surface area contributed by atoms with E-state index in [0.29, 0.717) is 11.3 Å². The fourth-order valence-electron chi connectivity index (χ4n) is 1.76. The van der Waals surface area contributed by atoms with Crippen molar-refractivity contribution in [2.75, 3.05) is 17.7 Å². The molecule has 0 spiro atoms. The van der Waals surface area contributed by atoms with Gasteiger partial charge >= 0.3 is 0 Å². The van der Waals surface area contributed by atoms with Crippen LogP contribution in [0.3, 0.4) is 0 Å². The average Bonchev–Trinajstić information content (AvgIpc) is 2.74. The van der Waals surface area contributed by atoms with E-state index in [1.165, 1.54) is 4.88 Å². The Hall–Kier alpha value is -1.53. The second-order valence-electron chi connectivity index (χ2n) is 4.22. The van der Waals surface area contributed by atoms with Gasteiger partial charge in [-0.3, -0.25) is 4.79 Å². The van der Waals surface area contributed by atoms with Gasteiger partial charge in [0.05, 0.1) is 12.1 Å². The standard InChI is InChI=1S/C13H14BrN3OS/c1-17(6-10-4-8(14)7-19-10)9-2-3-12(15)11(5-9)13(16)18/h2-5,7H,6,15H2,1H3,(H2,16,18). The molecule has 100 valence electrons. The van der Waals surface area contributed by atoms with Gasteiger partial charge in [-0.05, 0) is 40.2 Å². The Balaban J connectivity index is 2.21. The van der Waals surface area contributed by atoms with Gasteiger partial charge in [0.15, 0.2) is 0 Å². The summed E-state index contributed by atoms with van der Waals surface area (Å²) in [6.45, 7) is 0.762. The van der Waals surface area contributed by atoms with Crippen molar-refractivity contribution in [3.8, 4) is 0 Å². The smallest absolute Gasteiger partial charge is 0.250 e. The van der Waals surface area contributed by atoms with Crippen LogP contribution in [0.5, 0.6) is 0 Å².